The van der Waals surface area contributed by atoms with Crippen molar-refractivity contribution in [2.75, 3.05) is 19.6 Å². The number of aromatic hydroxyl groups is 1. The number of amides is 1. The first-order valence-corrected chi connectivity index (χ1v) is 9.47. The zero-order chi connectivity index (χ0) is 18.8. The van der Waals surface area contributed by atoms with Crippen LogP contribution < -0.4 is 16.0 Å². The average Bonchev–Trinajstić information content (AvgIpc) is 3.11. The topological polar surface area (TPSA) is 98.6 Å². The van der Waals surface area contributed by atoms with Crippen molar-refractivity contribution < 1.29 is 9.90 Å². The van der Waals surface area contributed by atoms with Gasteiger partial charge < -0.3 is 21.1 Å². The number of carbonyl (C=O) groups is 1. The third kappa shape index (κ3) is 6.36. The number of nitrogens with zero attached hydrogens (tertiary/aromatic N) is 2. The second-order valence-corrected chi connectivity index (χ2v) is 6.70. The molecule has 1 heterocycles. The largest absolute Gasteiger partial charge is 0.508 e. The standard InChI is InChI=1S/C18H25N5O2S/c1-3-15-11-22-16(26-15)12-23-18(19-4-2)21-10-9-20-17(25)13-5-7-14(24)8-6-13/h5-8,11,24H,3-4,9-10,12H2,1-2H3,(H,20,25)(H2,19,21,23). The van der Waals surface area contributed by atoms with Gasteiger partial charge in [0.1, 0.15) is 10.8 Å². The second-order valence-electron chi connectivity index (χ2n) is 5.50. The monoisotopic (exact) mass is 375 g/mol. The van der Waals surface area contributed by atoms with E-state index in [9.17, 15) is 9.90 Å². The van der Waals surface area contributed by atoms with Crippen LogP contribution in [0.1, 0.15) is 34.1 Å². The molecule has 2 aromatic rings. The Kier molecular flexibility index (Phi) is 7.88. The summed E-state index contributed by atoms with van der Waals surface area (Å²) in [6.07, 6.45) is 2.88. The fourth-order valence-electron chi connectivity index (χ4n) is 2.14. The Morgan fingerprint density at radius 3 is 2.54 bits per heavy atom. The molecular weight excluding hydrogens is 350 g/mol. The molecule has 0 aliphatic heterocycles. The van der Waals surface area contributed by atoms with Crippen molar-refractivity contribution >= 4 is 23.2 Å². The molecule has 8 heteroatoms. The van der Waals surface area contributed by atoms with E-state index in [1.165, 1.54) is 17.0 Å². The molecule has 0 fully saturated rings. The summed E-state index contributed by atoms with van der Waals surface area (Å²) in [5.74, 6) is 0.657. The minimum Gasteiger partial charge on any atom is -0.508 e. The van der Waals surface area contributed by atoms with Crippen molar-refractivity contribution in [1.29, 1.82) is 0 Å². The van der Waals surface area contributed by atoms with Crippen LogP contribution in [0.5, 0.6) is 5.75 Å². The number of hydrogen-bond acceptors (Lipinski definition) is 5. The Hall–Kier alpha value is -2.61. The summed E-state index contributed by atoms with van der Waals surface area (Å²) in [4.78, 5) is 22.1. The average molecular weight is 375 g/mol. The fraction of sp³-hybridized carbons (Fsp3) is 0.389. The number of phenolic OH excluding ortho intramolecular Hbond substituents is 1. The zero-order valence-electron chi connectivity index (χ0n) is 15.1. The van der Waals surface area contributed by atoms with Crippen LogP contribution in [-0.2, 0) is 13.0 Å². The highest BCUT2D eigenvalue weighted by Gasteiger charge is 2.05. The van der Waals surface area contributed by atoms with Crippen molar-refractivity contribution in [3.8, 4) is 5.75 Å². The first kappa shape index (κ1) is 19.7. The second kappa shape index (κ2) is 10.4. The van der Waals surface area contributed by atoms with Gasteiger partial charge in [-0.25, -0.2) is 9.98 Å². The molecule has 0 aliphatic rings. The molecular formula is C18H25N5O2S. The van der Waals surface area contributed by atoms with Gasteiger partial charge in [0, 0.05) is 36.3 Å². The summed E-state index contributed by atoms with van der Waals surface area (Å²) < 4.78 is 0. The van der Waals surface area contributed by atoms with Crippen molar-refractivity contribution in [2.45, 2.75) is 26.8 Å². The number of aromatic nitrogens is 1. The first-order valence-electron chi connectivity index (χ1n) is 8.65. The molecule has 0 aliphatic carbocycles. The van der Waals surface area contributed by atoms with Crippen LogP contribution in [0.4, 0.5) is 0 Å². The van der Waals surface area contributed by atoms with Gasteiger partial charge in [0.05, 0.1) is 6.54 Å². The molecule has 26 heavy (non-hydrogen) atoms. The van der Waals surface area contributed by atoms with Crippen LogP contribution in [0.15, 0.2) is 35.5 Å². The van der Waals surface area contributed by atoms with Gasteiger partial charge in [0.25, 0.3) is 5.91 Å². The van der Waals surface area contributed by atoms with Crippen LogP contribution in [0.3, 0.4) is 0 Å². The fourth-order valence-corrected chi connectivity index (χ4v) is 2.93. The van der Waals surface area contributed by atoms with Crippen molar-refractivity contribution in [3.63, 3.8) is 0 Å². The van der Waals surface area contributed by atoms with E-state index in [1.807, 2.05) is 13.1 Å². The van der Waals surface area contributed by atoms with Gasteiger partial charge in [-0.3, -0.25) is 4.79 Å². The van der Waals surface area contributed by atoms with E-state index in [4.69, 9.17) is 0 Å². The molecule has 0 bridgehead atoms. The van der Waals surface area contributed by atoms with Crippen LogP contribution >= 0.6 is 11.3 Å². The maximum Gasteiger partial charge on any atom is 0.251 e. The van der Waals surface area contributed by atoms with Gasteiger partial charge >= 0.3 is 0 Å². The SMILES string of the molecule is CCNC(=NCc1ncc(CC)s1)NCCNC(=O)c1ccc(O)cc1. The maximum atomic E-state index is 12.0. The molecule has 7 nitrogen and oxygen atoms in total. The van der Waals surface area contributed by atoms with Crippen molar-refractivity contribution in [3.05, 3.63) is 45.9 Å². The summed E-state index contributed by atoms with van der Waals surface area (Å²) >= 11 is 1.68. The highest BCUT2D eigenvalue weighted by Crippen LogP contribution is 2.14. The van der Waals surface area contributed by atoms with Gasteiger partial charge in [-0.05, 0) is 37.6 Å². The lowest BCUT2D eigenvalue weighted by molar-refractivity contribution is 0.0954. The molecule has 0 radical (unpaired) electrons. The molecule has 0 saturated heterocycles. The lowest BCUT2D eigenvalue weighted by Crippen LogP contribution is -2.41. The number of hydrogen-bond donors (Lipinski definition) is 4. The molecule has 2 rings (SSSR count). The number of aryl methyl sites for hydroxylation is 1. The van der Waals surface area contributed by atoms with Gasteiger partial charge in [0.2, 0.25) is 0 Å². The Morgan fingerprint density at radius 1 is 1.15 bits per heavy atom. The van der Waals surface area contributed by atoms with E-state index >= 15 is 0 Å². The van der Waals surface area contributed by atoms with Crippen molar-refractivity contribution in [2.24, 2.45) is 4.99 Å². The molecule has 1 aromatic heterocycles. The molecule has 0 saturated carbocycles. The Bertz CT molecular complexity index is 727. The highest BCUT2D eigenvalue weighted by atomic mass is 32.1. The number of carbonyl (C=O) groups excluding carboxylic acids is 1. The summed E-state index contributed by atoms with van der Waals surface area (Å²) in [5, 5.41) is 19.4. The molecule has 1 amide bonds. The van der Waals surface area contributed by atoms with Gasteiger partial charge in [-0.15, -0.1) is 11.3 Å². The number of guanidine groups is 1. The van der Waals surface area contributed by atoms with E-state index < -0.39 is 0 Å². The minimum atomic E-state index is -0.177. The normalized spacial score (nSPS) is 11.2. The molecule has 0 atom stereocenters. The lowest BCUT2D eigenvalue weighted by atomic mass is 10.2. The Morgan fingerprint density at radius 2 is 1.88 bits per heavy atom. The summed E-state index contributed by atoms with van der Waals surface area (Å²) in [6.45, 7) is 6.40. The number of benzene rings is 1. The van der Waals surface area contributed by atoms with Gasteiger partial charge in [-0.2, -0.15) is 0 Å². The molecule has 140 valence electrons. The van der Waals surface area contributed by atoms with E-state index in [0.717, 1.165) is 18.0 Å². The molecule has 4 N–H and O–H groups in total. The third-order valence-corrected chi connectivity index (χ3v) is 4.63. The minimum absolute atomic E-state index is 0.140. The summed E-state index contributed by atoms with van der Waals surface area (Å²) in [7, 11) is 0. The number of rotatable bonds is 8. The van der Waals surface area contributed by atoms with Gasteiger partial charge in [0.15, 0.2) is 5.96 Å². The van der Waals surface area contributed by atoms with Crippen LogP contribution in [0, 0.1) is 0 Å². The van der Waals surface area contributed by atoms with E-state index in [1.54, 1.807) is 23.5 Å². The predicted octanol–water partition coefficient (Wildman–Crippen LogP) is 1.90. The number of phenols is 1. The molecule has 1 aromatic carbocycles. The summed E-state index contributed by atoms with van der Waals surface area (Å²) in [5.41, 5.74) is 0.513. The Balaban J connectivity index is 1.77. The van der Waals surface area contributed by atoms with Crippen LogP contribution in [0.2, 0.25) is 0 Å². The third-order valence-electron chi connectivity index (χ3n) is 3.50. The summed E-state index contributed by atoms with van der Waals surface area (Å²) in [6, 6.07) is 6.15. The zero-order valence-corrected chi connectivity index (χ0v) is 15.9. The maximum absolute atomic E-state index is 12.0. The first-order chi connectivity index (χ1) is 12.6. The van der Waals surface area contributed by atoms with Crippen molar-refractivity contribution in [1.82, 2.24) is 20.9 Å². The highest BCUT2D eigenvalue weighted by molar-refractivity contribution is 7.11. The quantitative estimate of drug-likeness (QED) is 0.321. The Labute approximate surface area is 157 Å². The lowest BCUT2D eigenvalue weighted by Gasteiger charge is -2.11. The van der Waals surface area contributed by atoms with Gasteiger partial charge in [-0.1, -0.05) is 6.92 Å². The molecule has 0 unspecified atom stereocenters. The van der Waals surface area contributed by atoms with E-state index in [-0.39, 0.29) is 11.7 Å². The predicted molar refractivity (Wildman–Crippen MR) is 105 cm³/mol. The number of aliphatic imine (C=N–C) groups is 1. The van der Waals surface area contributed by atoms with E-state index in [2.05, 4.69) is 32.9 Å². The number of nitrogens with one attached hydrogen (secondary N) is 3. The number of thiazole rings is 1. The smallest absolute Gasteiger partial charge is 0.251 e. The molecule has 0 spiro atoms. The van der Waals surface area contributed by atoms with Crippen LogP contribution in [0.25, 0.3) is 0 Å². The van der Waals surface area contributed by atoms with Crippen LogP contribution in [-0.4, -0.2) is 41.6 Å². The van der Waals surface area contributed by atoms with E-state index in [0.29, 0.717) is 31.2 Å².